The lowest BCUT2D eigenvalue weighted by atomic mass is 10.0. The van der Waals surface area contributed by atoms with Gasteiger partial charge in [-0.15, -0.1) is 0 Å². The summed E-state index contributed by atoms with van der Waals surface area (Å²) in [5.74, 6) is -0.464. The van der Waals surface area contributed by atoms with Crippen molar-refractivity contribution >= 4 is 5.91 Å². The summed E-state index contributed by atoms with van der Waals surface area (Å²) in [6.07, 6.45) is -9.72. The van der Waals surface area contributed by atoms with E-state index in [1.165, 1.54) is 13.8 Å². The molecule has 0 heterocycles. The number of amides is 1. The summed E-state index contributed by atoms with van der Waals surface area (Å²) in [4.78, 5) is 11.2. The summed E-state index contributed by atoms with van der Waals surface area (Å²) in [7, 11) is 0. The summed E-state index contributed by atoms with van der Waals surface area (Å²) in [5.41, 5.74) is -3.05. The Morgan fingerprint density at radius 2 is 1.48 bits per heavy atom. The first kappa shape index (κ1) is 17.3. The van der Waals surface area contributed by atoms with Crippen molar-refractivity contribution in [3.63, 3.8) is 0 Å². The molecule has 0 aliphatic rings. The average Bonchev–Trinajstić information content (AvgIpc) is 2.35. The number of alkyl halides is 6. The fraction of sp³-hybridized carbons (Fsp3) is 0.462. The van der Waals surface area contributed by atoms with Gasteiger partial charge < -0.3 is 5.32 Å². The fourth-order valence-corrected chi connectivity index (χ4v) is 1.66. The molecular weight excluding hydrogens is 300 g/mol. The second-order valence-corrected chi connectivity index (χ2v) is 4.48. The van der Waals surface area contributed by atoms with Crippen molar-refractivity contribution in [1.29, 1.82) is 0 Å². The SMILES string of the molecule is CCC(=O)NC(C)c1cc(C(F)(F)F)cc(C(F)(F)F)c1. The van der Waals surface area contributed by atoms with Gasteiger partial charge >= 0.3 is 12.4 Å². The molecule has 0 aromatic heterocycles. The van der Waals surface area contributed by atoms with Crippen molar-refractivity contribution in [2.45, 2.75) is 38.7 Å². The predicted molar refractivity (Wildman–Crippen MR) is 63.3 cm³/mol. The molecular formula is C13H13F6NO. The maximum atomic E-state index is 12.7. The molecule has 0 fully saturated rings. The number of halogens is 6. The lowest BCUT2D eigenvalue weighted by Gasteiger charge is -2.18. The van der Waals surface area contributed by atoms with Crippen molar-refractivity contribution in [3.8, 4) is 0 Å². The topological polar surface area (TPSA) is 29.1 Å². The summed E-state index contributed by atoms with van der Waals surface area (Å²) in [6, 6.07) is 0.310. The highest BCUT2D eigenvalue weighted by molar-refractivity contribution is 5.76. The highest BCUT2D eigenvalue weighted by atomic mass is 19.4. The largest absolute Gasteiger partial charge is 0.416 e. The van der Waals surface area contributed by atoms with E-state index in [0.717, 1.165) is 0 Å². The van der Waals surface area contributed by atoms with Crippen LogP contribution in [0, 0.1) is 0 Å². The Kier molecular flexibility index (Phi) is 4.91. The van der Waals surface area contributed by atoms with E-state index in [4.69, 9.17) is 0 Å². The Balaban J connectivity index is 3.28. The molecule has 0 saturated carbocycles. The number of benzene rings is 1. The zero-order valence-electron chi connectivity index (χ0n) is 11.2. The molecule has 1 atom stereocenters. The molecule has 0 saturated heterocycles. The minimum atomic E-state index is -4.90. The Hall–Kier alpha value is -1.73. The van der Waals surface area contributed by atoms with Crippen LogP contribution in [-0.2, 0) is 17.1 Å². The van der Waals surface area contributed by atoms with E-state index < -0.39 is 35.4 Å². The average molecular weight is 313 g/mol. The minimum Gasteiger partial charge on any atom is -0.350 e. The molecule has 2 nitrogen and oxygen atoms in total. The molecule has 1 aromatic carbocycles. The van der Waals surface area contributed by atoms with Crippen LogP contribution in [-0.4, -0.2) is 5.91 Å². The van der Waals surface area contributed by atoms with E-state index >= 15 is 0 Å². The fourth-order valence-electron chi connectivity index (χ4n) is 1.66. The first-order chi connectivity index (χ1) is 9.45. The van der Waals surface area contributed by atoms with Gasteiger partial charge in [0.05, 0.1) is 17.2 Å². The molecule has 0 aliphatic heterocycles. The van der Waals surface area contributed by atoms with Crippen molar-refractivity contribution in [2.24, 2.45) is 0 Å². The van der Waals surface area contributed by atoms with Crippen molar-refractivity contribution < 1.29 is 31.1 Å². The summed E-state index contributed by atoms with van der Waals surface area (Å²) < 4.78 is 76.0. The molecule has 1 amide bonds. The van der Waals surface area contributed by atoms with Gasteiger partial charge in [-0.3, -0.25) is 4.79 Å². The molecule has 0 bridgehead atoms. The minimum absolute atomic E-state index is 0.0534. The van der Waals surface area contributed by atoms with E-state index in [1.807, 2.05) is 0 Å². The van der Waals surface area contributed by atoms with Crippen LogP contribution in [0.3, 0.4) is 0 Å². The Bertz CT molecular complexity index is 488. The number of carbonyl (C=O) groups is 1. The molecule has 1 N–H and O–H groups in total. The maximum absolute atomic E-state index is 12.7. The molecule has 0 radical (unpaired) electrons. The van der Waals surface area contributed by atoms with Gasteiger partial charge in [0.1, 0.15) is 0 Å². The molecule has 0 aliphatic carbocycles. The lowest BCUT2D eigenvalue weighted by molar-refractivity contribution is -0.143. The van der Waals surface area contributed by atoms with Crippen LogP contribution in [0.2, 0.25) is 0 Å². The predicted octanol–water partition coefficient (Wildman–Crippen LogP) is 4.31. The monoisotopic (exact) mass is 313 g/mol. The number of carbonyl (C=O) groups excluding carboxylic acids is 1. The Morgan fingerprint density at radius 3 is 1.81 bits per heavy atom. The highest BCUT2D eigenvalue weighted by Gasteiger charge is 2.37. The van der Waals surface area contributed by atoms with Crippen LogP contribution in [0.25, 0.3) is 0 Å². The third-order valence-corrected chi connectivity index (χ3v) is 2.81. The molecule has 0 spiro atoms. The molecule has 21 heavy (non-hydrogen) atoms. The van der Waals surface area contributed by atoms with Crippen LogP contribution in [0.15, 0.2) is 18.2 Å². The second-order valence-electron chi connectivity index (χ2n) is 4.48. The number of rotatable bonds is 3. The van der Waals surface area contributed by atoms with Crippen LogP contribution >= 0.6 is 0 Å². The van der Waals surface area contributed by atoms with Gasteiger partial charge in [0.15, 0.2) is 0 Å². The third kappa shape index (κ3) is 4.64. The quantitative estimate of drug-likeness (QED) is 0.828. The normalized spacial score (nSPS) is 13.9. The van der Waals surface area contributed by atoms with Gasteiger partial charge in [-0.2, -0.15) is 26.3 Å². The standard InChI is InChI=1S/C13H13F6NO/c1-3-11(21)20-7(2)8-4-9(12(14,15)16)6-10(5-8)13(17,18)19/h4-7H,3H2,1-2H3,(H,20,21). The van der Waals surface area contributed by atoms with E-state index in [0.29, 0.717) is 12.1 Å². The smallest absolute Gasteiger partial charge is 0.350 e. The first-order valence-electron chi connectivity index (χ1n) is 6.04. The van der Waals surface area contributed by atoms with E-state index in [9.17, 15) is 31.1 Å². The van der Waals surface area contributed by atoms with Gasteiger partial charge in [-0.1, -0.05) is 6.92 Å². The number of hydrogen-bond donors (Lipinski definition) is 1. The van der Waals surface area contributed by atoms with E-state index in [1.54, 1.807) is 0 Å². The van der Waals surface area contributed by atoms with Crippen LogP contribution in [0.5, 0.6) is 0 Å². The Morgan fingerprint density at radius 1 is 1.05 bits per heavy atom. The van der Waals surface area contributed by atoms with Gasteiger partial charge in [0.25, 0.3) is 0 Å². The van der Waals surface area contributed by atoms with Gasteiger partial charge in [-0.05, 0) is 30.7 Å². The molecule has 8 heteroatoms. The highest BCUT2D eigenvalue weighted by Crippen LogP contribution is 2.37. The molecule has 118 valence electrons. The second kappa shape index (κ2) is 5.95. The Labute approximate surface area is 117 Å². The summed E-state index contributed by atoms with van der Waals surface area (Å²) in [5, 5.41) is 2.33. The maximum Gasteiger partial charge on any atom is 0.416 e. The van der Waals surface area contributed by atoms with Gasteiger partial charge in [0, 0.05) is 6.42 Å². The summed E-state index contributed by atoms with van der Waals surface area (Å²) >= 11 is 0. The van der Waals surface area contributed by atoms with E-state index in [-0.39, 0.29) is 18.1 Å². The zero-order valence-corrected chi connectivity index (χ0v) is 11.2. The molecule has 1 unspecified atom stereocenters. The van der Waals surface area contributed by atoms with Crippen LogP contribution in [0.4, 0.5) is 26.3 Å². The van der Waals surface area contributed by atoms with Crippen molar-refractivity contribution in [2.75, 3.05) is 0 Å². The summed E-state index contributed by atoms with van der Waals surface area (Å²) in [6.45, 7) is 2.85. The van der Waals surface area contributed by atoms with E-state index in [2.05, 4.69) is 5.32 Å². The lowest BCUT2D eigenvalue weighted by Crippen LogP contribution is -2.26. The molecule has 1 aromatic rings. The molecule has 1 rings (SSSR count). The van der Waals surface area contributed by atoms with Crippen LogP contribution < -0.4 is 5.32 Å². The van der Waals surface area contributed by atoms with Crippen molar-refractivity contribution in [3.05, 3.63) is 34.9 Å². The third-order valence-electron chi connectivity index (χ3n) is 2.81. The number of hydrogen-bond acceptors (Lipinski definition) is 1. The number of nitrogens with one attached hydrogen (secondary N) is 1. The van der Waals surface area contributed by atoms with Crippen molar-refractivity contribution in [1.82, 2.24) is 5.32 Å². The van der Waals surface area contributed by atoms with Crippen LogP contribution in [0.1, 0.15) is 43.0 Å². The van der Waals surface area contributed by atoms with Gasteiger partial charge in [0.2, 0.25) is 5.91 Å². The first-order valence-corrected chi connectivity index (χ1v) is 6.04. The van der Waals surface area contributed by atoms with Gasteiger partial charge in [-0.25, -0.2) is 0 Å². The zero-order chi connectivity index (χ0) is 16.4.